The van der Waals surface area contributed by atoms with Crippen LogP contribution in [-0.4, -0.2) is 19.5 Å². The Hall–Kier alpha value is -7.41. The van der Waals surface area contributed by atoms with E-state index in [1.807, 2.05) is 54.6 Å². The van der Waals surface area contributed by atoms with Gasteiger partial charge in [-0.3, -0.25) is 0 Å². The molecular formula is C55H40N6. The number of nitrogens with zero attached hydrogens (tertiary/aromatic N) is 6. The molecule has 2 atom stereocenters. The molecule has 0 saturated heterocycles. The van der Waals surface area contributed by atoms with Crippen LogP contribution in [0.3, 0.4) is 0 Å². The Morgan fingerprint density at radius 1 is 0.475 bits per heavy atom. The second kappa shape index (κ2) is 13.6. The minimum absolute atomic E-state index is 0.0776. The third kappa shape index (κ3) is 5.78. The maximum absolute atomic E-state index is 9.87. The van der Waals surface area contributed by atoms with E-state index in [2.05, 4.69) is 120 Å². The third-order valence-electron chi connectivity index (χ3n) is 14.3. The molecule has 2 aromatic heterocycles. The highest BCUT2D eigenvalue weighted by Crippen LogP contribution is 2.66. The number of hydrogen-bond donors (Lipinski definition) is 0. The molecule has 9 aromatic rings. The summed E-state index contributed by atoms with van der Waals surface area (Å²) in [5.74, 6) is 3.38. The molecule has 0 spiro atoms. The van der Waals surface area contributed by atoms with Crippen LogP contribution in [0.2, 0.25) is 0 Å². The number of aromatic nitrogens is 4. The van der Waals surface area contributed by atoms with E-state index in [1.165, 1.54) is 54.0 Å². The van der Waals surface area contributed by atoms with Crippen LogP contribution in [0.5, 0.6) is 0 Å². The Labute approximate surface area is 354 Å². The SMILES string of the molecule is N#Cc1ccc(-n2c3cc(C#N)ccc3c3ccc(C45CC6CC(CC(c7ccc(-c8nc(-c9ccccc9)nc(-c9ccc%10ccccc%10c9)n8)cc7)(C6)C4)C5)cc32)cc1. The zero-order chi connectivity index (χ0) is 40.7. The highest BCUT2D eigenvalue weighted by Gasteiger charge is 2.58. The summed E-state index contributed by atoms with van der Waals surface area (Å²) in [6.07, 6.45) is 7.33. The quantitative estimate of drug-likeness (QED) is 0.167. The molecule has 4 fully saturated rings. The van der Waals surface area contributed by atoms with Crippen LogP contribution < -0.4 is 0 Å². The lowest BCUT2D eigenvalue weighted by Gasteiger charge is -2.63. The standard InChI is InChI=1S/C55H40N6/c56-32-35-10-20-46(21-11-35)61-49-25-36(33-57)12-22-47(49)48-23-19-45(27-50(48)61)55-30-37-24-38(31-55)29-54(28-37,34-55)44-17-15-41(16-18-44)52-58-51(40-7-2-1-3-8-40)59-53(60-52)43-14-13-39-6-4-5-9-42(39)26-43/h1-23,25-27,37-38H,24,28-31,34H2. The van der Waals surface area contributed by atoms with Crippen molar-refractivity contribution in [3.63, 3.8) is 0 Å². The molecule has 0 N–H and O–H groups in total. The van der Waals surface area contributed by atoms with Gasteiger partial charge < -0.3 is 4.57 Å². The number of fused-ring (bicyclic) bond motifs is 4. The molecule has 4 saturated carbocycles. The summed E-state index contributed by atoms with van der Waals surface area (Å²) in [5.41, 5.74) is 10.4. The van der Waals surface area contributed by atoms with Gasteiger partial charge in [0.15, 0.2) is 17.5 Å². The molecular weight excluding hydrogens is 745 g/mol. The van der Waals surface area contributed by atoms with Crippen molar-refractivity contribution in [2.24, 2.45) is 11.8 Å². The van der Waals surface area contributed by atoms with Gasteiger partial charge in [0.05, 0.1) is 34.3 Å². The lowest BCUT2D eigenvalue weighted by molar-refractivity contribution is -0.0280. The summed E-state index contributed by atoms with van der Waals surface area (Å²) in [6.45, 7) is 0. The predicted octanol–water partition coefficient (Wildman–Crippen LogP) is 12.7. The van der Waals surface area contributed by atoms with Crippen LogP contribution in [-0.2, 0) is 10.8 Å². The molecule has 4 bridgehead atoms. The van der Waals surface area contributed by atoms with Crippen LogP contribution in [0.25, 0.3) is 72.4 Å². The van der Waals surface area contributed by atoms with Crippen molar-refractivity contribution in [1.82, 2.24) is 19.5 Å². The Kier molecular flexibility index (Phi) is 7.90. The molecule has 2 heterocycles. The Balaban J connectivity index is 0.930. The number of benzene rings is 7. The van der Waals surface area contributed by atoms with Crippen LogP contribution in [0.4, 0.5) is 0 Å². The maximum Gasteiger partial charge on any atom is 0.164 e. The molecule has 6 nitrogen and oxygen atoms in total. The van der Waals surface area contributed by atoms with Crippen molar-refractivity contribution in [3.8, 4) is 52.0 Å². The van der Waals surface area contributed by atoms with E-state index in [0.29, 0.717) is 40.4 Å². The molecule has 6 heteroatoms. The monoisotopic (exact) mass is 784 g/mol. The van der Waals surface area contributed by atoms with Crippen LogP contribution in [0.1, 0.15) is 60.8 Å². The van der Waals surface area contributed by atoms with E-state index in [9.17, 15) is 10.5 Å². The van der Waals surface area contributed by atoms with E-state index in [0.717, 1.165) is 50.6 Å². The average Bonchev–Trinajstić information content (AvgIpc) is 3.64. The topological polar surface area (TPSA) is 91.2 Å². The third-order valence-corrected chi connectivity index (χ3v) is 14.3. The highest BCUT2D eigenvalue weighted by molar-refractivity contribution is 6.09. The van der Waals surface area contributed by atoms with Gasteiger partial charge in [0, 0.05) is 33.2 Å². The zero-order valence-electron chi connectivity index (χ0n) is 33.6. The van der Waals surface area contributed by atoms with Gasteiger partial charge >= 0.3 is 0 Å². The second-order valence-electron chi connectivity index (χ2n) is 17.9. The summed E-state index contributed by atoms with van der Waals surface area (Å²) in [5, 5.41) is 24.1. The van der Waals surface area contributed by atoms with Gasteiger partial charge in [0.2, 0.25) is 0 Å². The largest absolute Gasteiger partial charge is 0.309 e. The van der Waals surface area contributed by atoms with Gasteiger partial charge in [0.25, 0.3) is 0 Å². The molecule has 7 aromatic carbocycles. The minimum atomic E-state index is 0.0776. The van der Waals surface area contributed by atoms with Crippen LogP contribution >= 0.6 is 0 Å². The molecule has 61 heavy (non-hydrogen) atoms. The van der Waals surface area contributed by atoms with E-state index >= 15 is 0 Å². The van der Waals surface area contributed by atoms with Gasteiger partial charge in [0.1, 0.15) is 0 Å². The molecule has 0 radical (unpaired) electrons. The van der Waals surface area contributed by atoms with Crippen molar-refractivity contribution in [2.75, 3.05) is 0 Å². The van der Waals surface area contributed by atoms with E-state index < -0.39 is 0 Å². The highest BCUT2D eigenvalue weighted by atomic mass is 15.0. The van der Waals surface area contributed by atoms with Gasteiger partial charge in [-0.05, 0) is 132 Å². The maximum atomic E-state index is 9.87. The average molecular weight is 785 g/mol. The fourth-order valence-corrected chi connectivity index (χ4v) is 12.0. The number of rotatable bonds is 6. The van der Waals surface area contributed by atoms with Crippen molar-refractivity contribution in [1.29, 1.82) is 10.5 Å². The summed E-state index contributed by atoms with van der Waals surface area (Å²) in [7, 11) is 0. The smallest absolute Gasteiger partial charge is 0.164 e. The van der Waals surface area contributed by atoms with Gasteiger partial charge in [-0.2, -0.15) is 10.5 Å². The first-order valence-corrected chi connectivity index (χ1v) is 21.4. The van der Waals surface area contributed by atoms with Gasteiger partial charge in [-0.25, -0.2) is 15.0 Å². The van der Waals surface area contributed by atoms with Crippen molar-refractivity contribution in [2.45, 2.75) is 49.4 Å². The second-order valence-corrected chi connectivity index (χ2v) is 17.9. The normalized spacial score (nSPS) is 21.5. The molecule has 4 aliphatic carbocycles. The Morgan fingerprint density at radius 2 is 1.02 bits per heavy atom. The predicted molar refractivity (Wildman–Crippen MR) is 242 cm³/mol. The van der Waals surface area contributed by atoms with Crippen LogP contribution in [0.15, 0.2) is 158 Å². The van der Waals surface area contributed by atoms with E-state index in [-0.39, 0.29) is 10.8 Å². The first-order valence-electron chi connectivity index (χ1n) is 21.4. The van der Waals surface area contributed by atoms with E-state index in [1.54, 1.807) is 0 Å². The lowest BCUT2D eigenvalue weighted by atomic mass is 9.41. The fraction of sp³-hybridized carbons (Fsp3) is 0.182. The Morgan fingerprint density at radius 3 is 1.70 bits per heavy atom. The lowest BCUT2D eigenvalue weighted by Crippen LogP contribution is -2.55. The molecule has 290 valence electrons. The minimum Gasteiger partial charge on any atom is -0.309 e. The summed E-state index contributed by atoms with van der Waals surface area (Å²) < 4.78 is 2.29. The summed E-state index contributed by atoms with van der Waals surface area (Å²) in [4.78, 5) is 15.2. The Bertz CT molecular complexity index is 3280. The number of hydrogen-bond acceptors (Lipinski definition) is 5. The first-order chi connectivity index (χ1) is 30.0. The molecule has 0 aliphatic heterocycles. The molecule has 4 aliphatic rings. The van der Waals surface area contributed by atoms with Crippen molar-refractivity contribution >= 4 is 32.6 Å². The van der Waals surface area contributed by atoms with Gasteiger partial charge in [-0.1, -0.05) is 109 Å². The number of nitriles is 2. The van der Waals surface area contributed by atoms with Crippen molar-refractivity contribution < 1.29 is 0 Å². The van der Waals surface area contributed by atoms with Gasteiger partial charge in [-0.15, -0.1) is 0 Å². The fourth-order valence-electron chi connectivity index (χ4n) is 12.0. The summed E-state index contributed by atoms with van der Waals surface area (Å²) in [6, 6.07) is 59.9. The summed E-state index contributed by atoms with van der Waals surface area (Å²) >= 11 is 0. The van der Waals surface area contributed by atoms with E-state index in [4.69, 9.17) is 15.0 Å². The zero-order valence-corrected chi connectivity index (χ0v) is 33.6. The molecule has 2 unspecified atom stereocenters. The van der Waals surface area contributed by atoms with Crippen LogP contribution in [0, 0.1) is 34.5 Å². The first kappa shape index (κ1) is 35.5. The van der Waals surface area contributed by atoms with Crippen molar-refractivity contribution in [3.05, 3.63) is 180 Å². The molecule has 13 rings (SSSR count). The molecule has 0 amide bonds.